The van der Waals surface area contributed by atoms with E-state index in [4.69, 9.17) is 9.47 Å². The van der Waals surface area contributed by atoms with Crippen molar-refractivity contribution in [3.63, 3.8) is 0 Å². The summed E-state index contributed by atoms with van der Waals surface area (Å²) in [6, 6.07) is 0. The summed E-state index contributed by atoms with van der Waals surface area (Å²) in [5.41, 5.74) is -0.640. The summed E-state index contributed by atoms with van der Waals surface area (Å²) in [6.45, 7) is 1.92. The smallest absolute Gasteiger partial charge is 0.335 e. The number of hydrogen-bond donors (Lipinski definition) is 0. The summed E-state index contributed by atoms with van der Waals surface area (Å²) in [7, 11) is 0. The van der Waals surface area contributed by atoms with Gasteiger partial charge in [-0.3, -0.25) is 4.79 Å². The first-order chi connectivity index (χ1) is 8.16. The molecule has 0 unspecified atom stereocenters. The van der Waals surface area contributed by atoms with E-state index in [2.05, 4.69) is 0 Å². The van der Waals surface area contributed by atoms with E-state index in [1.807, 2.05) is 6.92 Å². The molecule has 17 heavy (non-hydrogen) atoms. The Bertz CT molecular complexity index is 350. The minimum absolute atomic E-state index is 0.276. The van der Waals surface area contributed by atoms with Crippen molar-refractivity contribution >= 4 is 11.9 Å². The van der Waals surface area contributed by atoms with E-state index in [1.165, 1.54) is 6.08 Å². The Kier molecular flexibility index (Phi) is 3.50. The van der Waals surface area contributed by atoms with Gasteiger partial charge in [-0.15, -0.1) is 0 Å². The lowest BCUT2D eigenvalue weighted by Crippen LogP contribution is -2.36. The maximum atomic E-state index is 11.5. The molecule has 1 saturated carbocycles. The van der Waals surface area contributed by atoms with Gasteiger partial charge >= 0.3 is 11.9 Å². The van der Waals surface area contributed by atoms with Gasteiger partial charge in [0.25, 0.3) is 0 Å². The molecule has 0 aromatic carbocycles. The lowest BCUT2D eigenvalue weighted by molar-refractivity contribution is -0.155. The van der Waals surface area contributed by atoms with Gasteiger partial charge in [0, 0.05) is 6.42 Å². The van der Waals surface area contributed by atoms with Crippen LogP contribution < -0.4 is 0 Å². The summed E-state index contributed by atoms with van der Waals surface area (Å²) in [4.78, 5) is 22.9. The fourth-order valence-corrected chi connectivity index (χ4v) is 2.48. The van der Waals surface area contributed by atoms with Crippen LogP contribution >= 0.6 is 0 Å². The molecule has 0 radical (unpaired) electrons. The fourth-order valence-electron chi connectivity index (χ4n) is 2.48. The van der Waals surface area contributed by atoms with Crippen LogP contribution in [-0.2, 0) is 19.1 Å². The highest BCUT2D eigenvalue weighted by Crippen LogP contribution is 2.41. The normalized spacial score (nSPS) is 22.2. The Morgan fingerprint density at radius 1 is 1.41 bits per heavy atom. The zero-order valence-electron chi connectivity index (χ0n) is 10.2. The van der Waals surface area contributed by atoms with Gasteiger partial charge in [0.05, 0.1) is 6.08 Å². The average Bonchev–Trinajstić information content (AvgIpc) is 2.56. The molecule has 0 saturated heterocycles. The molecule has 2 aliphatic rings. The maximum absolute atomic E-state index is 11.5. The van der Waals surface area contributed by atoms with Gasteiger partial charge in [0.1, 0.15) is 0 Å². The van der Waals surface area contributed by atoms with Crippen molar-refractivity contribution in [2.45, 2.75) is 57.5 Å². The molecular weight excluding hydrogens is 220 g/mol. The minimum Gasteiger partial charge on any atom is -0.448 e. The first-order valence-corrected chi connectivity index (χ1v) is 6.32. The molecule has 1 aliphatic carbocycles. The molecule has 0 bridgehead atoms. The number of esters is 2. The van der Waals surface area contributed by atoms with Crippen LogP contribution in [0.5, 0.6) is 0 Å². The summed E-state index contributed by atoms with van der Waals surface area (Å²) >= 11 is 0. The molecule has 0 amide bonds. The van der Waals surface area contributed by atoms with E-state index >= 15 is 0 Å². The zero-order chi connectivity index (χ0) is 12.3. The zero-order valence-corrected chi connectivity index (χ0v) is 10.2. The van der Waals surface area contributed by atoms with E-state index in [1.54, 1.807) is 0 Å². The molecule has 0 aromatic heterocycles. The number of carbonyl (C=O) groups is 2. The molecular formula is C13H18O4. The number of ether oxygens (including phenoxy) is 2. The van der Waals surface area contributed by atoms with Crippen LogP contribution in [-0.4, -0.2) is 17.5 Å². The topological polar surface area (TPSA) is 52.6 Å². The number of hydrogen-bond acceptors (Lipinski definition) is 4. The van der Waals surface area contributed by atoms with Crippen molar-refractivity contribution in [3.8, 4) is 0 Å². The third kappa shape index (κ3) is 2.51. The Balaban J connectivity index is 2.09. The predicted octanol–water partition coefficient (Wildman–Crippen LogP) is 2.47. The summed E-state index contributed by atoms with van der Waals surface area (Å²) in [5.74, 6) is -0.228. The van der Waals surface area contributed by atoms with Crippen molar-refractivity contribution in [1.82, 2.24) is 0 Å². The Morgan fingerprint density at radius 3 is 2.76 bits per heavy atom. The second kappa shape index (κ2) is 4.90. The van der Waals surface area contributed by atoms with Gasteiger partial charge in [0.2, 0.25) is 0 Å². The molecule has 1 fully saturated rings. The second-order valence-corrected chi connectivity index (χ2v) is 4.71. The first kappa shape index (κ1) is 12.1. The van der Waals surface area contributed by atoms with Gasteiger partial charge in [0.15, 0.2) is 11.4 Å². The lowest BCUT2D eigenvalue weighted by atomic mass is 9.84. The van der Waals surface area contributed by atoms with Crippen LogP contribution in [0.15, 0.2) is 11.8 Å². The molecule has 0 atom stereocenters. The van der Waals surface area contributed by atoms with Gasteiger partial charge in [-0.2, -0.15) is 0 Å². The third-order valence-electron chi connectivity index (χ3n) is 3.33. The highest BCUT2D eigenvalue weighted by atomic mass is 16.6. The second-order valence-electron chi connectivity index (χ2n) is 4.71. The van der Waals surface area contributed by atoms with Crippen molar-refractivity contribution < 1.29 is 19.1 Å². The van der Waals surface area contributed by atoms with Gasteiger partial charge in [-0.25, -0.2) is 4.79 Å². The predicted molar refractivity (Wildman–Crippen MR) is 61.0 cm³/mol. The molecule has 94 valence electrons. The van der Waals surface area contributed by atoms with E-state index < -0.39 is 5.60 Å². The van der Waals surface area contributed by atoms with Crippen LogP contribution in [0.25, 0.3) is 0 Å². The summed E-state index contributed by atoms with van der Waals surface area (Å²) in [5, 5.41) is 0. The van der Waals surface area contributed by atoms with Gasteiger partial charge < -0.3 is 9.47 Å². The third-order valence-corrected chi connectivity index (χ3v) is 3.33. The SMILES string of the molecule is CCCC(=O)OC1=CC(=O)OC12CCCCC2. The van der Waals surface area contributed by atoms with E-state index in [0.717, 1.165) is 38.5 Å². The van der Waals surface area contributed by atoms with Crippen LogP contribution in [0, 0.1) is 0 Å². The van der Waals surface area contributed by atoms with Gasteiger partial charge in [-0.1, -0.05) is 13.3 Å². The monoisotopic (exact) mass is 238 g/mol. The van der Waals surface area contributed by atoms with Crippen LogP contribution in [0.3, 0.4) is 0 Å². The van der Waals surface area contributed by atoms with E-state index in [0.29, 0.717) is 12.2 Å². The van der Waals surface area contributed by atoms with Crippen LogP contribution in [0.2, 0.25) is 0 Å². The molecule has 1 spiro atoms. The van der Waals surface area contributed by atoms with Gasteiger partial charge in [-0.05, 0) is 32.1 Å². The standard InChI is InChI=1S/C13H18O4/c1-2-6-11(14)16-10-9-12(15)17-13(10)7-4-3-5-8-13/h9H,2-8H2,1H3. The Morgan fingerprint density at radius 2 is 2.12 bits per heavy atom. The molecule has 0 aromatic rings. The quantitative estimate of drug-likeness (QED) is 0.709. The largest absolute Gasteiger partial charge is 0.448 e. The highest BCUT2D eigenvalue weighted by Gasteiger charge is 2.46. The Hall–Kier alpha value is -1.32. The minimum atomic E-state index is -0.640. The maximum Gasteiger partial charge on any atom is 0.335 e. The lowest BCUT2D eigenvalue weighted by Gasteiger charge is -2.33. The molecule has 1 aliphatic heterocycles. The van der Waals surface area contributed by atoms with Crippen molar-refractivity contribution in [3.05, 3.63) is 11.8 Å². The van der Waals surface area contributed by atoms with Crippen molar-refractivity contribution in [2.75, 3.05) is 0 Å². The van der Waals surface area contributed by atoms with Crippen LogP contribution in [0.1, 0.15) is 51.9 Å². The summed E-state index contributed by atoms with van der Waals surface area (Å²) < 4.78 is 10.7. The average molecular weight is 238 g/mol. The summed E-state index contributed by atoms with van der Waals surface area (Å²) in [6.07, 6.45) is 7.16. The van der Waals surface area contributed by atoms with Crippen molar-refractivity contribution in [2.24, 2.45) is 0 Å². The molecule has 4 nitrogen and oxygen atoms in total. The first-order valence-electron chi connectivity index (χ1n) is 6.32. The Labute approximate surface area is 101 Å². The van der Waals surface area contributed by atoms with Crippen molar-refractivity contribution in [1.29, 1.82) is 0 Å². The van der Waals surface area contributed by atoms with E-state index in [9.17, 15) is 9.59 Å². The number of rotatable bonds is 3. The fraction of sp³-hybridized carbons (Fsp3) is 0.692. The number of carbonyl (C=O) groups excluding carboxylic acids is 2. The molecule has 1 heterocycles. The molecule has 0 N–H and O–H groups in total. The molecule has 2 rings (SSSR count). The van der Waals surface area contributed by atoms with Crippen LogP contribution in [0.4, 0.5) is 0 Å². The van der Waals surface area contributed by atoms with E-state index in [-0.39, 0.29) is 11.9 Å². The highest BCUT2D eigenvalue weighted by molar-refractivity contribution is 5.87. The molecule has 4 heteroatoms.